The van der Waals surface area contributed by atoms with E-state index in [0.717, 1.165) is 12.3 Å². The van der Waals surface area contributed by atoms with E-state index in [1.165, 1.54) is 29.3 Å². The van der Waals surface area contributed by atoms with Crippen molar-refractivity contribution in [3.05, 3.63) is 34.3 Å². The minimum atomic E-state index is 0.672. The van der Waals surface area contributed by atoms with E-state index in [1.54, 1.807) is 0 Å². The zero-order valence-corrected chi connectivity index (χ0v) is 11.2. The maximum atomic E-state index is 3.80. The summed E-state index contributed by atoms with van der Waals surface area (Å²) in [4.78, 5) is 0.672. The molecular weight excluding hydrogens is 304 g/mol. The number of hydrogen-bond donors (Lipinski definition) is 0. The van der Waals surface area contributed by atoms with Crippen LogP contribution in [0.1, 0.15) is 24.8 Å². The molecule has 0 N–H and O–H groups in total. The summed E-state index contributed by atoms with van der Waals surface area (Å²) in [5.41, 5.74) is 1.42. The van der Waals surface area contributed by atoms with Gasteiger partial charge in [0.1, 0.15) is 0 Å². The summed E-state index contributed by atoms with van der Waals surface area (Å²) >= 11 is 7.31. The fourth-order valence-electron chi connectivity index (χ4n) is 1.86. The maximum absolute atomic E-state index is 3.80. The fourth-order valence-corrected chi connectivity index (χ4v) is 3.21. The third-order valence-electron chi connectivity index (χ3n) is 2.98. The number of hydrogen-bond acceptors (Lipinski definition) is 0. The van der Waals surface area contributed by atoms with Gasteiger partial charge in [0.15, 0.2) is 0 Å². The van der Waals surface area contributed by atoms with Gasteiger partial charge in [-0.15, -0.1) is 0 Å². The van der Waals surface area contributed by atoms with Crippen molar-refractivity contribution in [2.24, 2.45) is 5.92 Å². The van der Waals surface area contributed by atoms with Crippen LogP contribution in [0.15, 0.2) is 28.7 Å². The van der Waals surface area contributed by atoms with Crippen molar-refractivity contribution in [2.45, 2.75) is 30.5 Å². The van der Waals surface area contributed by atoms with Crippen LogP contribution in [-0.2, 0) is 6.42 Å². The Bertz CT molecular complexity index is 305. The second kappa shape index (κ2) is 4.80. The lowest BCUT2D eigenvalue weighted by Gasteiger charge is -2.30. The fraction of sp³-hybridized carbons (Fsp3) is 0.500. The van der Waals surface area contributed by atoms with E-state index in [4.69, 9.17) is 0 Å². The molecule has 0 saturated heterocycles. The van der Waals surface area contributed by atoms with Crippen molar-refractivity contribution in [2.75, 3.05) is 0 Å². The molecule has 76 valence electrons. The Labute approximate surface area is 102 Å². The highest BCUT2D eigenvalue weighted by Gasteiger charge is 2.25. The Balaban J connectivity index is 1.95. The van der Waals surface area contributed by atoms with Crippen LogP contribution in [0.25, 0.3) is 0 Å². The summed E-state index contributed by atoms with van der Waals surface area (Å²) in [6, 6.07) is 8.61. The third-order valence-corrected chi connectivity index (χ3v) is 4.55. The van der Waals surface area contributed by atoms with E-state index >= 15 is 0 Å². The van der Waals surface area contributed by atoms with E-state index in [2.05, 4.69) is 56.1 Å². The summed E-state index contributed by atoms with van der Waals surface area (Å²) in [5.74, 6) is 0.911. The Morgan fingerprint density at radius 1 is 1.36 bits per heavy atom. The summed E-state index contributed by atoms with van der Waals surface area (Å²) in [5, 5.41) is 0. The van der Waals surface area contributed by atoms with E-state index in [9.17, 15) is 0 Å². The van der Waals surface area contributed by atoms with Crippen molar-refractivity contribution in [3.8, 4) is 0 Å². The van der Waals surface area contributed by atoms with Crippen LogP contribution in [0, 0.1) is 5.92 Å². The van der Waals surface area contributed by atoms with Crippen LogP contribution in [-0.4, -0.2) is 4.83 Å². The second-order valence-corrected chi connectivity index (χ2v) is 6.13. The molecule has 1 atom stereocenters. The number of rotatable bonds is 3. The molecule has 0 aliphatic heterocycles. The summed E-state index contributed by atoms with van der Waals surface area (Å²) in [6.07, 6.45) is 5.39. The van der Waals surface area contributed by atoms with Crippen LogP contribution in [0.5, 0.6) is 0 Å². The molecule has 2 heteroatoms. The maximum Gasteiger partial charge on any atom is 0.0214 e. The van der Waals surface area contributed by atoms with Crippen molar-refractivity contribution in [1.82, 2.24) is 0 Å². The number of benzene rings is 1. The van der Waals surface area contributed by atoms with E-state index in [0.29, 0.717) is 4.83 Å². The van der Waals surface area contributed by atoms with Gasteiger partial charge in [-0.1, -0.05) is 50.4 Å². The molecule has 0 bridgehead atoms. The molecule has 0 aromatic heterocycles. The first-order chi connectivity index (χ1) is 6.75. The molecule has 1 unspecified atom stereocenters. The smallest absolute Gasteiger partial charge is 0.0214 e. The van der Waals surface area contributed by atoms with E-state index in [1.807, 2.05) is 0 Å². The van der Waals surface area contributed by atoms with Gasteiger partial charge in [0.2, 0.25) is 0 Å². The van der Waals surface area contributed by atoms with Crippen LogP contribution in [0.3, 0.4) is 0 Å². The Morgan fingerprint density at radius 3 is 2.71 bits per heavy atom. The minimum absolute atomic E-state index is 0.672. The predicted octanol–water partition coefficient (Wildman–Crippen LogP) is 4.56. The van der Waals surface area contributed by atoms with Crippen LogP contribution in [0.2, 0.25) is 0 Å². The van der Waals surface area contributed by atoms with Crippen molar-refractivity contribution < 1.29 is 0 Å². The number of halogens is 2. The molecule has 1 aromatic rings. The van der Waals surface area contributed by atoms with Gasteiger partial charge in [0, 0.05) is 9.30 Å². The number of alkyl halides is 1. The second-order valence-electron chi connectivity index (χ2n) is 4.04. The first kappa shape index (κ1) is 10.7. The lowest BCUT2D eigenvalue weighted by molar-refractivity contribution is 0.308. The van der Waals surface area contributed by atoms with Gasteiger partial charge in [0.25, 0.3) is 0 Å². The molecule has 0 nitrogen and oxygen atoms in total. The van der Waals surface area contributed by atoms with Crippen LogP contribution >= 0.6 is 31.9 Å². The van der Waals surface area contributed by atoms with Gasteiger partial charge < -0.3 is 0 Å². The van der Waals surface area contributed by atoms with Gasteiger partial charge >= 0.3 is 0 Å². The van der Waals surface area contributed by atoms with Crippen molar-refractivity contribution in [3.63, 3.8) is 0 Å². The first-order valence-corrected chi connectivity index (χ1v) is 6.85. The standard InChI is InChI=1S/C12H14Br2/c13-11-6-1-3-9(7-11)8-12(14)10-4-2-5-10/h1,3,6-7,10,12H,2,4-5,8H2. The molecule has 0 radical (unpaired) electrons. The molecule has 1 fully saturated rings. The summed E-state index contributed by atoms with van der Waals surface area (Å²) in [7, 11) is 0. The largest absolute Gasteiger partial charge is 0.0884 e. The highest BCUT2D eigenvalue weighted by molar-refractivity contribution is 9.10. The SMILES string of the molecule is Brc1cccc(CC(Br)C2CCC2)c1. The highest BCUT2D eigenvalue weighted by Crippen LogP contribution is 2.35. The van der Waals surface area contributed by atoms with Gasteiger partial charge in [-0.2, -0.15) is 0 Å². The van der Waals surface area contributed by atoms with Gasteiger partial charge in [-0.25, -0.2) is 0 Å². The molecule has 0 heterocycles. The van der Waals surface area contributed by atoms with Gasteiger partial charge in [-0.05, 0) is 42.9 Å². The highest BCUT2D eigenvalue weighted by atomic mass is 79.9. The topological polar surface area (TPSA) is 0 Å². The first-order valence-electron chi connectivity index (χ1n) is 5.14. The van der Waals surface area contributed by atoms with Gasteiger partial charge in [0.05, 0.1) is 0 Å². The molecule has 1 aliphatic carbocycles. The Kier molecular flexibility index (Phi) is 3.67. The molecule has 0 spiro atoms. The zero-order chi connectivity index (χ0) is 9.97. The minimum Gasteiger partial charge on any atom is -0.0884 e. The summed E-state index contributed by atoms with van der Waals surface area (Å²) < 4.78 is 1.18. The molecule has 2 rings (SSSR count). The van der Waals surface area contributed by atoms with Crippen molar-refractivity contribution in [1.29, 1.82) is 0 Å². The third kappa shape index (κ3) is 2.60. The monoisotopic (exact) mass is 316 g/mol. The average Bonchev–Trinajstić information content (AvgIpc) is 1.99. The molecule has 1 aromatic carbocycles. The Hall–Kier alpha value is 0.180. The molecular formula is C12H14Br2. The summed E-state index contributed by atoms with van der Waals surface area (Å²) in [6.45, 7) is 0. The van der Waals surface area contributed by atoms with E-state index < -0.39 is 0 Å². The van der Waals surface area contributed by atoms with Crippen LogP contribution < -0.4 is 0 Å². The molecule has 0 amide bonds. The van der Waals surface area contributed by atoms with Crippen molar-refractivity contribution >= 4 is 31.9 Å². The molecule has 1 saturated carbocycles. The van der Waals surface area contributed by atoms with E-state index in [-0.39, 0.29) is 0 Å². The lowest BCUT2D eigenvalue weighted by Crippen LogP contribution is -2.23. The molecule has 14 heavy (non-hydrogen) atoms. The lowest BCUT2D eigenvalue weighted by atomic mass is 9.81. The van der Waals surface area contributed by atoms with Gasteiger partial charge in [-0.3, -0.25) is 0 Å². The quantitative estimate of drug-likeness (QED) is 0.717. The predicted molar refractivity (Wildman–Crippen MR) is 67.9 cm³/mol. The van der Waals surface area contributed by atoms with Crippen LogP contribution in [0.4, 0.5) is 0 Å². The zero-order valence-electron chi connectivity index (χ0n) is 8.05. The Morgan fingerprint density at radius 2 is 2.14 bits per heavy atom. The average molecular weight is 318 g/mol. The normalized spacial score (nSPS) is 19.0. The molecule has 1 aliphatic rings.